The smallest absolute Gasteiger partial charge is 0.191 e. The lowest BCUT2D eigenvalue weighted by Crippen LogP contribution is -2.28. The lowest BCUT2D eigenvalue weighted by Gasteiger charge is -2.31. The second kappa shape index (κ2) is 6.78. The molecule has 1 aromatic carbocycles. The first-order chi connectivity index (χ1) is 10.9. The highest BCUT2D eigenvalue weighted by atomic mass is 35.6. The van der Waals surface area contributed by atoms with Gasteiger partial charge in [0.2, 0.25) is 0 Å². The number of carbonyl (C=O) groups is 1. The maximum atomic E-state index is 13.2. The van der Waals surface area contributed by atoms with E-state index in [4.69, 9.17) is 34.8 Å². The number of Topliss-reactive ketones (excluding diaryl/α,β-unsaturated/α-hetero) is 1. The van der Waals surface area contributed by atoms with Crippen molar-refractivity contribution < 1.29 is 4.79 Å². The van der Waals surface area contributed by atoms with Crippen LogP contribution in [0.25, 0.3) is 6.08 Å². The molecule has 1 aromatic rings. The maximum absolute atomic E-state index is 13.2. The predicted octanol–water partition coefficient (Wildman–Crippen LogP) is 6.37. The molecule has 2 saturated carbocycles. The Morgan fingerprint density at radius 1 is 1.09 bits per heavy atom. The van der Waals surface area contributed by atoms with Crippen molar-refractivity contribution in [1.82, 2.24) is 0 Å². The van der Waals surface area contributed by atoms with E-state index in [0.717, 1.165) is 43.2 Å². The summed E-state index contributed by atoms with van der Waals surface area (Å²) < 4.78 is -1.32. The minimum Gasteiger partial charge on any atom is -0.294 e. The molecule has 2 aliphatic rings. The number of allylic oxidation sites excluding steroid dienone is 1. The third kappa shape index (κ3) is 3.95. The number of benzene rings is 1. The van der Waals surface area contributed by atoms with Gasteiger partial charge in [0.05, 0.1) is 0 Å². The van der Waals surface area contributed by atoms with Crippen LogP contribution in [0.5, 0.6) is 0 Å². The minimum absolute atomic E-state index is 0.0355. The van der Waals surface area contributed by atoms with E-state index in [-0.39, 0.29) is 11.3 Å². The van der Waals surface area contributed by atoms with E-state index < -0.39 is 3.79 Å². The molecule has 124 valence electrons. The van der Waals surface area contributed by atoms with Crippen molar-refractivity contribution in [3.63, 3.8) is 0 Å². The first kappa shape index (κ1) is 17.3. The first-order valence-electron chi connectivity index (χ1n) is 8.28. The van der Waals surface area contributed by atoms with Gasteiger partial charge in [-0.1, -0.05) is 84.4 Å². The summed E-state index contributed by atoms with van der Waals surface area (Å²) in [5.74, 6) is 0.327. The monoisotopic (exact) mass is 370 g/mol. The van der Waals surface area contributed by atoms with Crippen LogP contribution < -0.4 is 0 Å². The van der Waals surface area contributed by atoms with Gasteiger partial charge < -0.3 is 0 Å². The molecule has 2 fully saturated rings. The largest absolute Gasteiger partial charge is 0.294 e. The van der Waals surface area contributed by atoms with Gasteiger partial charge in [-0.25, -0.2) is 0 Å². The molecule has 4 heteroatoms. The first-order valence-corrected chi connectivity index (χ1v) is 9.41. The third-order valence-corrected chi connectivity index (χ3v) is 5.69. The number of alkyl halides is 3. The molecule has 1 spiro atoms. The Labute approximate surface area is 153 Å². The molecule has 0 amide bonds. The van der Waals surface area contributed by atoms with Crippen molar-refractivity contribution in [3.05, 3.63) is 41.5 Å². The molecule has 2 aliphatic carbocycles. The van der Waals surface area contributed by atoms with Gasteiger partial charge >= 0.3 is 0 Å². The Balaban J connectivity index is 1.95. The van der Waals surface area contributed by atoms with E-state index >= 15 is 0 Å². The fraction of sp³-hybridized carbons (Fsp3) is 0.526. The Kier molecular flexibility index (Phi) is 5.11. The molecule has 0 aliphatic heterocycles. The van der Waals surface area contributed by atoms with Crippen LogP contribution in [0, 0.1) is 11.3 Å². The fourth-order valence-corrected chi connectivity index (χ4v) is 4.76. The zero-order chi connectivity index (χ0) is 16.5. The summed E-state index contributed by atoms with van der Waals surface area (Å²) in [6.45, 7) is 0. The van der Waals surface area contributed by atoms with Crippen LogP contribution in [0.4, 0.5) is 0 Å². The molecule has 0 aromatic heterocycles. The second-order valence-electron chi connectivity index (χ2n) is 6.90. The van der Waals surface area contributed by atoms with Gasteiger partial charge in [0, 0.05) is 11.8 Å². The predicted molar refractivity (Wildman–Crippen MR) is 98.0 cm³/mol. The van der Waals surface area contributed by atoms with E-state index in [2.05, 4.69) is 0 Å². The number of carbonyl (C=O) groups excluding carboxylic acids is 1. The molecule has 1 nitrogen and oxygen atoms in total. The molecule has 0 radical (unpaired) electrons. The number of rotatable bonds is 2. The van der Waals surface area contributed by atoms with Crippen molar-refractivity contribution in [2.45, 2.75) is 48.7 Å². The van der Waals surface area contributed by atoms with Crippen LogP contribution in [-0.4, -0.2) is 9.58 Å². The number of ketones is 1. The molecule has 0 N–H and O–H groups in total. The summed E-state index contributed by atoms with van der Waals surface area (Å²) >= 11 is 18.1. The lowest BCUT2D eigenvalue weighted by molar-refractivity contribution is -0.124. The molecular formula is C19H21Cl3O. The molecular weight excluding hydrogens is 351 g/mol. The normalized spacial score (nSPS) is 26.1. The van der Waals surface area contributed by atoms with Crippen molar-refractivity contribution >= 4 is 46.7 Å². The van der Waals surface area contributed by atoms with Gasteiger partial charge in [0.15, 0.2) is 9.58 Å². The van der Waals surface area contributed by atoms with Crippen molar-refractivity contribution in [3.8, 4) is 0 Å². The Bertz CT molecular complexity index is 595. The molecule has 23 heavy (non-hydrogen) atoms. The molecule has 0 unspecified atom stereocenters. The average molecular weight is 372 g/mol. The quantitative estimate of drug-likeness (QED) is 0.436. The maximum Gasteiger partial charge on any atom is 0.191 e. The summed E-state index contributed by atoms with van der Waals surface area (Å²) in [6.07, 6.45) is 8.69. The Hall–Kier alpha value is -0.500. The number of halogens is 3. The third-order valence-electron chi connectivity index (χ3n) is 5.23. The highest BCUT2D eigenvalue weighted by Gasteiger charge is 2.51. The second-order valence-corrected chi connectivity index (χ2v) is 9.42. The number of hydrogen-bond donors (Lipinski definition) is 0. The fourth-order valence-electron chi connectivity index (χ4n) is 4.20. The van der Waals surface area contributed by atoms with Gasteiger partial charge in [-0.05, 0) is 42.4 Å². The minimum atomic E-state index is -1.32. The van der Waals surface area contributed by atoms with Crippen molar-refractivity contribution in [1.29, 1.82) is 0 Å². The van der Waals surface area contributed by atoms with E-state index in [1.165, 1.54) is 6.42 Å². The van der Waals surface area contributed by atoms with Gasteiger partial charge in [-0.3, -0.25) is 4.79 Å². The Morgan fingerprint density at radius 2 is 1.74 bits per heavy atom. The molecule has 0 saturated heterocycles. The van der Waals surface area contributed by atoms with Crippen molar-refractivity contribution in [2.75, 3.05) is 0 Å². The van der Waals surface area contributed by atoms with E-state index in [1.54, 1.807) is 0 Å². The highest BCUT2D eigenvalue weighted by molar-refractivity contribution is 6.67. The summed E-state index contributed by atoms with van der Waals surface area (Å²) in [6, 6.07) is 9.95. The SMILES string of the molecule is O=C1/C(=C/c2ccccc2)[C@H](CC(Cl)(Cl)Cl)CC12CCCCC2. The summed E-state index contributed by atoms with van der Waals surface area (Å²) in [5, 5.41) is 0. The summed E-state index contributed by atoms with van der Waals surface area (Å²) in [7, 11) is 0. The van der Waals surface area contributed by atoms with Crippen LogP contribution in [-0.2, 0) is 4.79 Å². The van der Waals surface area contributed by atoms with Gasteiger partial charge in [-0.2, -0.15) is 0 Å². The van der Waals surface area contributed by atoms with Crippen LogP contribution in [0.15, 0.2) is 35.9 Å². The molecule has 0 bridgehead atoms. The highest BCUT2D eigenvalue weighted by Crippen LogP contribution is 2.54. The zero-order valence-corrected chi connectivity index (χ0v) is 15.3. The lowest BCUT2D eigenvalue weighted by atomic mass is 9.71. The van der Waals surface area contributed by atoms with Crippen molar-refractivity contribution in [2.24, 2.45) is 11.3 Å². The van der Waals surface area contributed by atoms with Crippen LogP contribution in [0.1, 0.15) is 50.5 Å². The zero-order valence-electron chi connectivity index (χ0n) is 13.0. The van der Waals surface area contributed by atoms with E-state index in [1.807, 2.05) is 36.4 Å². The van der Waals surface area contributed by atoms with Gasteiger partial charge in [0.1, 0.15) is 0 Å². The molecule has 0 heterocycles. The van der Waals surface area contributed by atoms with Crippen LogP contribution in [0.3, 0.4) is 0 Å². The number of hydrogen-bond acceptors (Lipinski definition) is 1. The summed E-state index contributed by atoms with van der Waals surface area (Å²) in [4.78, 5) is 13.2. The molecule has 1 atom stereocenters. The Morgan fingerprint density at radius 3 is 2.35 bits per heavy atom. The van der Waals surface area contributed by atoms with E-state index in [9.17, 15) is 4.79 Å². The standard InChI is InChI=1S/C19H21Cl3O/c20-19(21,22)13-15-12-18(9-5-2-6-10-18)17(23)16(15)11-14-7-3-1-4-8-14/h1,3-4,7-8,11,15H,2,5-6,9-10,12-13H2/b16-11+/t15-/m0/s1. The van der Waals surface area contributed by atoms with Crippen LogP contribution >= 0.6 is 34.8 Å². The molecule has 3 rings (SSSR count). The van der Waals surface area contributed by atoms with Crippen LogP contribution in [0.2, 0.25) is 0 Å². The van der Waals surface area contributed by atoms with E-state index in [0.29, 0.717) is 12.2 Å². The van der Waals surface area contributed by atoms with Gasteiger partial charge in [-0.15, -0.1) is 0 Å². The summed E-state index contributed by atoms with van der Waals surface area (Å²) in [5.41, 5.74) is 1.68. The topological polar surface area (TPSA) is 17.1 Å². The average Bonchev–Trinajstić information content (AvgIpc) is 2.73. The van der Waals surface area contributed by atoms with Gasteiger partial charge in [0.25, 0.3) is 0 Å².